The summed E-state index contributed by atoms with van der Waals surface area (Å²) in [5.41, 5.74) is 1.64. The Morgan fingerprint density at radius 1 is 1.40 bits per heavy atom. The monoisotopic (exact) mass is 455 g/mol. The van der Waals surface area contributed by atoms with Crippen LogP contribution in [0.4, 0.5) is 13.6 Å². The lowest BCUT2D eigenvalue weighted by Crippen LogP contribution is -2.58. The first-order valence-electron chi connectivity index (χ1n) is 9.32. The molecule has 0 saturated heterocycles. The number of amidine groups is 1. The molecule has 1 unspecified atom stereocenters. The van der Waals surface area contributed by atoms with Crippen LogP contribution in [0.2, 0.25) is 19.6 Å². The van der Waals surface area contributed by atoms with Crippen LogP contribution in [0.15, 0.2) is 27.6 Å². The normalized spacial score (nSPS) is 25.5. The number of halogens is 2. The van der Waals surface area contributed by atoms with Crippen LogP contribution in [0, 0.1) is 17.3 Å². The maximum Gasteiger partial charge on any atom is 0.410 e. The van der Waals surface area contributed by atoms with Gasteiger partial charge in [-0.1, -0.05) is 25.6 Å². The number of amides is 1. The molecule has 2 rings (SSSR count). The number of alkyl halides is 1. The molecule has 1 aromatic rings. The zero-order chi connectivity index (χ0) is 23.0. The van der Waals surface area contributed by atoms with Gasteiger partial charge < -0.3 is 5.11 Å². The molecule has 30 heavy (non-hydrogen) atoms. The average Bonchev–Trinajstić information content (AvgIpc) is 2.64. The highest BCUT2D eigenvalue weighted by Crippen LogP contribution is 2.40. The Hall–Kier alpha value is -2.25. The number of nitrogens with one attached hydrogen (secondary N) is 1. The molecular weight excluding hydrogens is 428 g/mol. The summed E-state index contributed by atoms with van der Waals surface area (Å²) >= 11 is 0. The Morgan fingerprint density at radius 3 is 2.53 bits per heavy atom. The molecule has 0 aromatic heterocycles. The number of carboxylic acid groups (broad SMARTS) is 1. The summed E-state index contributed by atoms with van der Waals surface area (Å²) in [7, 11) is -3.59. The van der Waals surface area contributed by atoms with E-state index in [1.54, 1.807) is 0 Å². The highest BCUT2D eigenvalue weighted by Gasteiger charge is 2.51. The highest BCUT2D eigenvalue weighted by molar-refractivity contribution is 7.95. The molecule has 1 aromatic carbocycles. The number of rotatable bonds is 2. The van der Waals surface area contributed by atoms with E-state index in [4.69, 9.17) is 0 Å². The zero-order valence-corrected chi connectivity index (χ0v) is 19.8. The van der Waals surface area contributed by atoms with E-state index in [1.807, 2.05) is 0 Å². The molecule has 6 nitrogen and oxygen atoms in total. The maximum atomic E-state index is 14.9. The molecule has 2 atom stereocenters. The van der Waals surface area contributed by atoms with Crippen molar-refractivity contribution in [1.82, 2.24) is 5.32 Å². The van der Waals surface area contributed by atoms with Crippen molar-refractivity contribution < 1.29 is 22.9 Å². The molecule has 0 radical (unpaired) electrons. The second-order valence-corrected chi connectivity index (χ2v) is 16.4. The van der Waals surface area contributed by atoms with E-state index in [9.17, 15) is 22.9 Å². The lowest BCUT2D eigenvalue weighted by Gasteiger charge is -2.41. The van der Waals surface area contributed by atoms with Gasteiger partial charge in [-0.3, -0.25) is 10.3 Å². The molecule has 10 heteroatoms. The number of hydrogen-bond donors (Lipinski definition) is 2. The summed E-state index contributed by atoms with van der Waals surface area (Å²) in [5.74, 6) is 1.66. The van der Waals surface area contributed by atoms with Crippen LogP contribution in [0.5, 0.6) is 0 Å². The van der Waals surface area contributed by atoms with Gasteiger partial charge in [0.15, 0.2) is 0 Å². The number of benzene rings is 1. The highest BCUT2D eigenvalue weighted by atomic mass is 32.2. The van der Waals surface area contributed by atoms with Gasteiger partial charge in [-0.25, -0.2) is 22.1 Å². The minimum absolute atomic E-state index is 0.121. The van der Waals surface area contributed by atoms with Crippen LogP contribution in [0.1, 0.15) is 25.0 Å². The fraction of sp³-hybridized carbons (Fsp3) is 0.500. The summed E-state index contributed by atoms with van der Waals surface area (Å²) < 4.78 is 45.7. The molecule has 0 saturated carbocycles. The molecular formula is C20H27F2N3O3SSi. The van der Waals surface area contributed by atoms with E-state index in [0.29, 0.717) is 5.56 Å². The minimum atomic E-state index is -3.20. The van der Waals surface area contributed by atoms with Crippen molar-refractivity contribution in [3.05, 3.63) is 35.1 Å². The summed E-state index contributed by atoms with van der Waals surface area (Å²) in [6, 6.07) is 4.06. The van der Waals surface area contributed by atoms with Gasteiger partial charge in [-0.15, -0.1) is 5.54 Å². The first-order valence-corrected chi connectivity index (χ1v) is 14.5. The summed E-state index contributed by atoms with van der Waals surface area (Å²) in [5, 5.41) is 11.3. The molecule has 1 aliphatic rings. The van der Waals surface area contributed by atoms with Crippen LogP contribution < -0.4 is 5.32 Å². The zero-order valence-electron chi connectivity index (χ0n) is 18.0. The van der Waals surface area contributed by atoms with Gasteiger partial charge in [0, 0.05) is 18.2 Å². The quantitative estimate of drug-likeness (QED) is 0.525. The molecule has 0 spiro atoms. The minimum Gasteiger partial charge on any atom is -0.465 e. The number of hydrogen-bond acceptors (Lipinski definition) is 4. The number of carbonyl (C=O) groups is 1. The van der Waals surface area contributed by atoms with Crippen LogP contribution in [0.25, 0.3) is 0 Å². The standard InChI is InChI=1S/C20H27F2N3O3SSi/c1-19(2)17(24-18(26)27)25-20(12-21,13-29(19,28)23-3)15-11-14(7-8-16(15)22)9-10-30(4,5)6/h7-8,11H,12-13H2,1-6H3,(H,24,25)(H,26,27)/t20-,29?/m0/s1. The molecule has 0 bridgehead atoms. The fourth-order valence-corrected chi connectivity index (χ4v) is 5.92. The topological polar surface area (TPSA) is 91.1 Å². The summed E-state index contributed by atoms with van der Waals surface area (Å²) in [6.07, 6.45) is -1.44. The van der Waals surface area contributed by atoms with E-state index >= 15 is 0 Å². The third kappa shape index (κ3) is 4.57. The van der Waals surface area contributed by atoms with Gasteiger partial charge in [0.05, 0.1) is 15.5 Å². The Balaban J connectivity index is 2.80. The van der Waals surface area contributed by atoms with Crippen molar-refractivity contribution in [2.24, 2.45) is 9.36 Å². The van der Waals surface area contributed by atoms with Gasteiger partial charge in [-0.2, -0.15) is 0 Å². The van der Waals surface area contributed by atoms with Crippen molar-refractivity contribution in [2.45, 2.75) is 43.8 Å². The van der Waals surface area contributed by atoms with E-state index in [0.717, 1.165) is 0 Å². The maximum absolute atomic E-state index is 14.9. The van der Waals surface area contributed by atoms with Crippen LogP contribution in [-0.2, 0) is 15.3 Å². The second-order valence-electron chi connectivity index (χ2n) is 8.73. The van der Waals surface area contributed by atoms with E-state index in [2.05, 4.69) is 45.8 Å². The van der Waals surface area contributed by atoms with Crippen molar-refractivity contribution in [3.63, 3.8) is 0 Å². The largest absolute Gasteiger partial charge is 0.465 e. The predicted octanol–water partition coefficient (Wildman–Crippen LogP) is 3.78. The van der Waals surface area contributed by atoms with Crippen LogP contribution >= 0.6 is 0 Å². The molecule has 1 heterocycles. The van der Waals surface area contributed by atoms with Gasteiger partial charge in [-0.05, 0) is 32.0 Å². The molecule has 0 aliphatic carbocycles. The molecule has 1 amide bonds. The van der Waals surface area contributed by atoms with Gasteiger partial charge >= 0.3 is 6.09 Å². The van der Waals surface area contributed by atoms with E-state index in [1.165, 1.54) is 39.1 Å². The van der Waals surface area contributed by atoms with Crippen molar-refractivity contribution in [3.8, 4) is 11.5 Å². The number of aliphatic imine (C=N–C) groups is 1. The van der Waals surface area contributed by atoms with Crippen LogP contribution in [-0.4, -0.2) is 53.5 Å². The van der Waals surface area contributed by atoms with E-state index < -0.39 is 46.7 Å². The summed E-state index contributed by atoms with van der Waals surface area (Å²) in [4.78, 5) is 15.6. The predicted molar refractivity (Wildman–Crippen MR) is 118 cm³/mol. The molecule has 2 N–H and O–H groups in total. The summed E-state index contributed by atoms with van der Waals surface area (Å²) in [6.45, 7) is 8.04. The first kappa shape index (κ1) is 24.0. The van der Waals surface area contributed by atoms with Crippen molar-refractivity contribution >= 4 is 29.7 Å². The smallest absolute Gasteiger partial charge is 0.410 e. The van der Waals surface area contributed by atoms with Gasteiger partial charge in [0.25, 0.3) is 0 Å². The van der Waals surface area contributed by atoms with Gasteiger partial charge in [0.1, 0.15) is 36.7 Å². The van der Waals surface area contributed by atoms with Crippen molar-refractivity contribution in [1.29, 1.82) is 0 Å². The lowest BCUT2D eigenvalue weighted by atomic mass is 9.91. The third-order valence-corrected chi connectivity index (χ3v) is 9.04. The van der Waals surface area contributed by atoms with E-state index in [-0.39, 0.29) is 17.2 Å². The first-order chi connectivity index (χ1) is 13.7. The Labute approximate surface area is 177 Å². The van der Waals surface area contributed by atoms with Crippen LogP contribution in [0.3, 0.4) is 0 Å². The fourth-order valence-electron chi connectivity index (χ4n) is 3.11. The number of nitrogens with zero attached hydrogens (tertiary/aromatic N) is 2. The lowest BCUT2D eigenvalue weighted by molar-refractivity contribution is 0.199. The Bertz CT molecular complexity index is 1080. The second kappa shape index (κ2) is 8.11. The Morgan fingerprint density at radius 2 is 2.03 bits per heavy atom. The van der Waals surface area contributed by atoms with Crippen molar-refractivity contribution in [2.75, 3.05) is 19.5 Å². The van der Waals surface area contributed by atoms with Gasteiger partial charge in [0.2, 0.25) is 0 Å². The third-order valence-electron chi connectivity index (χ3n) is 4.92. The Kier molecular flexibility index (Phi) is 6.50. The SMILES string of the molecule is CN=S1(=O)C[C@@](CF)(c2cc(C#C[Si](C)(C)C)ccc2F)N=C(NC(=O)O)C1(C)C. The molecule has 0 fully saturated rings. The molecule has 1 aliphatic heterocycles. The molecule has 164 valence electrons. The average molecular weight is 456 g/mol.